The summed E-state index contributed by atoms with van der Waals surface area (Å²) in [4.78, 5) is 9.44. The summed E-state index contributed by atoms with van der Waals surface area (Å²) in [5.41, 5.74) is 7.66. The molecule has 0 unspecified atom stereocenters. The second-order valence-electron chi connectivity index (χ2n) is 3.00. The van der Waals surface area contributed by atoms with Gasteiger partial charge in [-0.3, -0.25) is 0 Å². The standard InChI is InChI=1S/C8H11N.C3H6O/c1-2-7-3-5-8(9)6-4-7;1-3(2)4/h3-6H,2,9H2,1H3;1-2H3. The van der Waals surface area contributed by atoms with Crippen molar-refractivity contribution in [2.24, 2.45) is 0 Å². The minimum Gasteiger partial charge on any atom is -0.399 e. The first-order valence-corrected chi connectivity index (χ1v) is 4.37. The molecule has 2 N–H and O–H groups in total. The molecule has 2 heteroatoms. The molecule has 1 aromatic carbocycles. The van der Waals surface area contributed by atoms with Crippen molar-refractivity contribution in [3.63, 3.8) is 0 Å². The van der Waals surface area contributed by atoms with Crippen LogP contribution in [0.5, 0.6) is 0 Å². The quantitative estimate of drug-likeness (QED) is 0.673. The highest BCUT2D eigenvalue weighted by atomic mass is 16.1. The molecule has 0 fully saturated rings. The molecule has 0 aliphatic rings. The second-order valence-corrected chi connectivity index (χ2v) is 3.00. The molecule has 0 saturated heterocycles. The Bertz CT molecular complexity index is 247. The summed E-state index contributed by atoms with van der Waals surface area (Å²) in [6.45, 7) is 5.19. The van der Waals surface area contributed by atoms with E-state index in [0.29, 0.717) is 0 Å². The molecule has 1 aromatic rings. The number of carbonyl (C=O) groups excluding carboxylic acids is 1. The van der Waals surface area contributed by atoms with Crippen molar-refractivity contribution in [1.82, 2.24) is 0 Å². The molecular formula is C11H17NO. The van der Waals surface area contributed by atoms with E-state index in [1.807, 2.05) is 12.1 Å². The molecule has 0 bridgehead atoms. The molecule has 13 heavy (non-hydrogen) atoms. The number of nitrogen functional groups attached to an aromatic ring is 1. The number of nitrogens with two attached hydrogens (primary N) is 1. The molecule has 0 radical (unpaired) electrons. The molecule has 72 valence electrons. The number of rotatable bonds is 1. The van der Waals surface area contributed by atoms with E-state index in [0.717, 1.165) is 12.1 Å². The fraction of sp³-hybridized carbons (Fsp3) is 0.364. The Morgan fingerprint density at radius 1 is 1.23 bits per heavy atom. The molecule has 0 amide bonds. The van der Waals surface area contributed by atoms with Crippen molar-refractivity contribution in [1.29, 1.82) is 0 Å². The Morgan fingerprint density at radius 3 is 1.92 bits per heavy atom. The van der Waals surface area contributed by atoms with Crippen LogP contribution in [0, 0.1) is 0 Å². The monoisotopic (exact) mass is 179 g/mol. The Balaban J connectivity index is 0.000000310. The van der Waals surface area contributed by atoms with Gasteiger partial charge in [-0.2, -0.15) is 0 Å². The predicted octanol–water partition coefficient (Wildman–Crippen LogP) is 2.43. The van der Waals surface area contributed by atoms with Crippen molar-refractivity contribution in [2.75, 3.05) is 5.73 Å². The zero-order chi connectivity index (χ0) is 10.3. The van der Waals surface area contributed by atoms with E-state index in [4.69, 9.17) is 5.73 Å². The molecular weight excluding hydrogens is 162 g/mol. The molecule has 0 spiro atoms. The van der Waals surface area contributed by atoms with Gasteiger partial charge in [0.2, 0.25) is 0 Å². The third-order valence-corrected chi connectivity index (χ3v) is 1.39. The van der Waals surface area contributed by atoms with E-state index >= 15 is 0 Å². The Kier molecular flexibility index (Phi) is 5.60. The zero-order valence-electron chi connectivity index (χ0n) is 8.50. The molecule has 0 saturated carbocycles. The molecule has 0 aliphatic carbocycles. The van der Waals surface area contributed by atoms with E-state index in [1.165, 1.54) is 19.4 Å². The van der Waals surface area contributed by atoms with Crippen LogP contribution >= 0.6 is 0 Å². The van der Waals surface area contributed by atoms with Crippen molar-refractivity contribution in [3.05, 3.63) is 29.8 Å². The van der Waals surface area contributed by atoms with Gasteiger partial charge in [0.15, 0.2) is 0 Å². The van der Waals surface area contributed by atoms with Gasteiger partial charge in [0, 0.05) is 5.69 Å². The van der Waals surface area contributed by atoms with Crippen LogP contribution in [0.15, 0.2) is 24.3 Å². The van der Waals surface area contributed by atoms with Crippen LogP contribution in [-0.2, 0) is 11.2 Å². The molecule has 1 rings (SSSR count). The van der Waals surface area contributed by atoms with Gasteiger partial charge in [-0.25, -0.2) is 0 Å². The largest absolute Gasteiger partial charge is 0.399 e. The van der Waals surface area contributed by atoms with Gasteiger partial charge < -0.3 is 10.5 Å². The summed E-state index contributed by atoms with van der Waals surface area (Å²) in [7, 11) is 0. The fourth-order valence-corrected chi connectivity index (χ4v) is 0.753. The summed E-state index contributed by atoms with van der Waals surface area (Å²) in [6, 6.07) is 7.96. The highest BCUT2D eigenvalue weighted by molar-refractivity contribution is 5.72. The average Bonchev–Trinajstić information content (AvgIpc) is 2.05. The number of hydrogen-bond donors (Lipinski definition) is 1. The normalized spacial score (nSPS) is 8.54. The number of anilines is 1. The molecule has 0 heterocycles. The lowest BCUT2D eigenvalue weighted by Gasteiger charge is -1.94. The second kappa shape index (κ2) is 6.23. The molecule has 2 nitrogen and oxygen atoms in total. The number of ketones is 1. The third-order valence-electron chi connectivity index (χ3n) is 1.39. The first kappa shape index (κ1) is 11.7. The minimum atomic E-state index is 0.167. The van der Waals surface area contributed by atoms with Gasteiger partial charge in [-0.15, -0.1) is 0 Å². The highest BCUT2D eigenvalue weighted by Gasteiger charge is 1.85. The molecule has 0 atom stereocenters. The van der Waals surface area contributed by atoms with Crippen LogP contribution in [-0.4, -0.2) is 5.78 Å². The summed E-state index contributed by atoms with van der Waals surface area (Å²) in [6.07, 6.45) is 1.08. The van der Waals surface area contributed by atoms with Crippen LogP contribution in [0.4, 0.5) is 5.69 Å². The number of aryl methyl sites for hydroxylation is 1. The maximum absolute atomic E-state index is 9.44. The third kappa shape index (κ3) is 7.06. The van der Waals surface area contributed by atoms with Gasteiger partial charge in [0.25, 0.3) is 0 Å². The van der Waals surface area contributed by atoms with E-state index in [-0.39, 0.29) is 5.78 Å². The van der Waals surface area contributed by atoms with E-state index in [9.17, 15) is 4.79 Å². The maximum Gasteiger partial charge on any atom is 0.126 e. The molecule has 0 aromatic heterocycles. The predicted molar refractivity (Wildman–Crippen MR) is 56.6 cm³/mol. The Labute approximate surface area is 79.8 Å². The van der Waals surface area contributed by atoms with Crippen molar-refractivity contribution in [3.8, 4) is 0 Å². The number of hydrogen-bond acceptors (Lipinski definition) is 2. The smallest absolute Gasteiger partial charge is 0.126 e. The van der Waals surface area contributed by atoms with Crippen molar-refractivity contribution < 1.29 is 4.79 Å². The molecule has 0 aliphatic heterocycles. The summed E-state index contributed by atoms with van der Waals surface area (Å²) < 4.78 is 0. The van der Waals surface area contributed by atoms with E-state index in [1.54, 1.807) is 0 Å². The summed E-state index contributed by atoms with van der Waals surface area (Å²) >= 11 is 0. The average molecular weight is 179 g/mol. The van der Waals surface area contributed by atoms with E-state index in [2.05, 4.69) is 19.1 Å². The number of benzene rings is 1. The zero-order valence-corrected chi connectivity index (χ0v) is 8.50. The van der Waals surface area contributed by atoms with Crippen LogP contribution in [0.2, 0.25) is 0 Å². The first-order valence-electron chi connectivity index (χ1n) is 4.37. The Morgan fingerprint density at radius 2 is 1.62 bits per heavy atom. The number of Topliss-reactive ketones (excluding diaryl/α,β-unsaturated/α-hetero) is 1. The van der Waals surface area contributed by atoms with Gasteiger partial charge in [0.1, 0.15) is 5.78 Å². The van der Waals surface area contributed by atoms with Crippen LogP contribution in [0.3, 0.4) is 0 Å². The van der Waals surface area contributed by atoms with Crippen molar-refractivity contribution >= 4 is 11.5 Å². The minimum absolute atomic E-state index is 0.167. The number of carbonyl (C=O) groups is 1. The lowest BCUT2D eigenvalue weighted by atomic mass is 10.2. The van der Waals surface area contributed by atoms with Crippen LogP contribution < -0.4 is 5.73 Å². The van der Waals surface area contributed by atoms with E-state index < -0.39 is 0 Å². The fourth-order valence-electron chi connectivity index (χ4n) is 0.753. The van der Waals surface area contributed by atoms with Crippen LogP contribution in [0.1, 0.15) is 26.3 Å². The summed E-state index contributed by atoms with van der Waals surface area (Å²) in [5.74, 6) is 0.167. The Hall–Kier alpha value is -1.31. The lowest BCUT2D eigenvalue weighted by Crippen LogP contribution is -1.84. The first-order chi connectivity index (χ1) is 6.06. The van der Waals surface area contributed by atoms with Gasteiger partial charge >= 0.3 is 0 Å². The van der Waals surface area contributed by atoms with Gasteiger partial charge in [-0.05, 0) is 38.0 Å². The van der Waals surface area contributed by atoms with Gasteiger partial charge in [-0.1, -0.05) is 19.1 Å². The highest BCUT2D eigenvalue weighted by Crippen LogP contribution is 2.04. The van der Waals surface area contributed by atoms with Gasteiger partial charge in [0.05, 0.1) is 0 Å². The maximum atomic E-state index is 9.44. The van der Waals surface area contributed by atoms with Crippen LogP contribution in [0.25, 0.3) is 0 Å². The topological polar surface area (TPSA) is 43.1 Å². The SMILES string of the molecule is CC(C)=O.CCc1ccc(N)cc1. The summed E-state index contributed by atoms with van der Waals surface area (Å²) in [5, 5.41) is 0. The lowest BCUT2D eigenvalue weighted by molar-refractivity contribution is -0.114. The van der Waals surface area contributed by atoms with Crippen molar-refractivity contribution in [2.45, 2.75) is 27.2 Å².